The van der Waals surface area contributed by atoms with Crippen molar-refractivity contribution in [2.24, 2.45) is 0 Å². The molecule has 0 aliphatic rings. The van der Waals surface area contributed by atoms with Crippen molar-refractivity contribution in [3.8, 4) is 11.5 Å². The molecule has 0 aliphatic carbocycles. The van der Waals surface area contributed by atoms with Gasteiger partial charge in [0.1, 0.15) is 0 Å². The Bertz CT molecular complexity index is 382. The summed E-state index contributed by atoms with van der Waals surface area (Å²) in [6.07, 6.45) is 1.12. The van der Waals surface area contributed by atoms with E-state index in [9.17, 15) is 0 Å². The molecule has 1 atom stereocenters. The zero-order chi connectivity index (χ0) is 13.5. The van der Waals surface area contributed by atoms with Gasteiger partial charge in [-0.2, -0.15) is 0 Å². The van der Waals surface area contributed by atoms with Crippen molar-refractivity contribution in [1.82, 2.24) is 5.32 Å². The fourth-order valence-corrected chi connectivity index (χ4v) is 2.03. The van der Waals surface area contributed by atoms with Gasteiger partial charge in [0.25, 0.3) is 0 Å². The highest BCUT2D eigenvalue weighted by atomic mass is 79.9. The molecule has 1 rings (SSSR count). The van der Waals surface area contributed by atoms with Crippen LogP contribution in [-0.2, 0) is 6.54 Å². The fourth-order valence-electron chi connectivity index (χ4n) is 1.57. The van der Waals surface area contributed by atoms with E-state index in [4.69, 9.17) is 9.47 Å². The minimum Gasteiger partial charge on any atom is -0.493 e. The van der Waals surface area contributed by atoms with E-state index in [1.54, 1.807) is 7.11 Å². The van der Waals surface area contributed by atoms with Gasteiger partial charge >= 0.3 is 0 Å². The summed E-state index contributed by atoms with van der Waals surface area (Å²) < 4.78 is 11.9. The maximum Gasteiger partial charge on any atom is 0.161 e. The van der Waals surface area contributed by atoms with Gasteiger partial charge in [0.15, 0.2) is 11.5 Å². The molecule has 1 unspecified atom stereocenters. The largest absolute Gasteiger partial charge is 0.493 e. The number of halogens is 1. The third-order valence-corrected chi connectivity index (χ3v) is 3.62. The lowest BCUT2D eigenvalue weighted by Gasteiger charge is -2.15. The van der Waals surface area contributed by atoms with Crippen LogP contribution >= 0.6 is 15.9 Å². The summed E-state index contributed by atoms with van der Waals surface area (Å²) in [6, 6.07) is 4.50. The Labute approximate surface area is 118 Å². The Balaban J connectivity index is 2.87. The minimum atomic E-state index is 0.509. The van der Waals surface area contributed by atoms with Gasteiger partial charge in [-0.1, -0.05) is 22.9 Å². The molecule has 1 N–H and O–H groups in total. The number of benzene rings is 1. The standard InChI is InChI=1S/C14H22BrNO2/c1-5-10(3)16-9-11-7-14(18-6-2)13(17-4)8-12(11)15/h7-8,10,16H,5-6,9H2,1-4H3. The third-order valence-electron chi connectivity index (χ3n) is 2.89. The molecule has 0 bridgehead atoms. The summed E-state index contributed by atoms with van der Waals surface area (Å²) in [5.41, 5.74) is 1.18. The second-order valence-electron chi connectivity index (χ2n) is 4.22. The first kappa shape index (κ1) is 15.3. The number of hydrogen-bond acceptors (Lipinski definition) is 3. The van der Waals surface area contributed by atoms with E-state index >= 15 is 0 Å². The van der Waals surface area contributed by atoms with Gasteiger partial charge in [-0.05, 0) is 38.0 Å². The molecule has 0 amide bonds. The third kappa shape index (κ3) is 4.18. The highest BCUT2D eigenvalue weighted by Gasteiger charge is 2.10. The number of methoxy groups -OCH3 is 1. The summed E-state index contributed by atoms with van der Waals surface area (Å²) in [5, 5.41) is 3.47. The van der Waals surface area contributed by atoms with Crippen molar-refractivity contribution >= 4 is 15.9 Å². The molecule has 0 fully saturated rings. The second-order valence-corrected chi connectivity index (χ2v) is 5.07. The zero-order valence-electron chi connectivity index (χ0n) is 11.5. The second kappa shape index (κ2) is 7.64. The van der Waals surface area contributed by atoms with Gasteiger partial charge in [-0.15, -0.1) is 0 Å². The highest BCUT2D eigenvalue weighted by Crippen LogP contribution is 2.33. The topological polar surface area (TPSA) is 30.5 Å². The SMILES string of the molecule is CCOc1cc(CNC(C)CC)c(Br)cc1OC. The quantitative estimate of drug-likeness (QED) is 0.831. The van der Waals surface area contributed by atoms with Crippen LogP contribution in [0.2, 0.25) is 0 Å². The lowest BCUT2D eigenvalue weighted by Crippen LogP contribution is -2.24. The molecular weight excluding hydrogens is 294 g/mol. The summed E-state index contributed by atoms with van der Waals surface area (Å²) in [7, 11) is 1.65. The molecule has 0 spiro atoms. The van der Waals surface area contributed by atoms with Crippen LogP contribution in [0.3, 0.4) is 0 Å². The fraction of sp³-hybridized carbons (Fsp3) is 0.571. The van der Waals surface area contributed by atoms with Crippen LogP contribution in [0.5, 0.6) is 11.5 Å². The number of nitrogens with one attached hydrogen (secondary N) is 1. The Morgan fingerprint density at radius 3 is 2.56 bits per heavy atom. The van der Waals surface area contributed by atoms with Crippen LogP contribution in [0.25, 0.3) is 0 Å². The number of rotatable bonds is 7. The van der Waals surface area contributed by atoms with Crippen molar-refractivity contribution in [2.45, 2.75) is 39.8 Å². The number of hydrogen-bond donors (Lipinski definition) is 1. The van der Waals surface area contributed by atoms with Crippen molar-refractivity contribution in [1.29, 1.82) is 0 Å². The van der Waals surface area contributed by atoms with Crippen LogP contribution in [0.15, 0.2) is 16.6 Å². The van der Waals surface area contributed by atoms with Crippen LogP contribution in [-0.4, -0.2) is 19.8 Å². The van der Waals surface area contributed by atoms with E-state index in [1.165, 1.54) is 5.56 Å². The predicted molar refractivity (Wildman–Crippen MR) is 78.5 cm³/mol. The van der Waals surface area contributed by atoms with Crippen LogP contribution in [0.4, 0.5) is 0 Å². The normalized spacial score (nSPS) is 12.3. The van der Waals surface area contributed by atoms with Crippen molar-refractivity contribution in [2.75, 3.05) is 13.7 Å². The molecule has 0 heterocycles. The number of ether oxygens (including phenoxy) is 2. The van der Waals surface area contributed by atoms with Gasteiger partial charge in [-0.25, -0.2) is 0 Å². The Morgan fingerprint density at radius 1 is 1.28 bits per heavy atom. The van der Waals surface area contributed by atoms with E-state index in [2.05, 4.69) is 35.1 Å². The van der Waals surface area contributed by atoms with E-state index in [0.717, 1.165) is 28.9 Å². The van der Waals surface area contributed by atoms with Gasteiger partial charge in [0, 0.05) is 17.1 Å². The Kier molecular flexibility index (Phi) is 6.50. The first-order valence-corrected chi connectivity index (χ1v) is 7.14. The molecule has 0 radical (unpaired) electrons. The minimum absolute atomic E-state index is 0.509. The highest BCUT2D eigenvalue weighted by molar-refractivity contribution is 9.10. The summed E-state index contributed by atoms with van der Waals surface area (Å²) >= 11 is 3.57. The van der Waals surface area contributed by atoms with E-state index in [1.807, 2.05) is 19.1 Å². The first-order chi connectivity index (χ1) is 8.62. The van der Waals surface area contributed by atoms with E-state index in [-0.39, 0.29) is 0 Å². The molecule has 18 heavy (non-hydrogen) atoms. The van der Waals surface area contributed by atoms with Crippen molar-refractivity contribution in [3.05, 3.63) is 22.2 Å². The van der Waals surface area contributed by atoms with Crippen LogP contribution < -0.4 is 14.8 Å². The lowest BCUT2D eigenvalue weighted by atomic mass is 10.1. The maximum atomic E-state index is 5.58. The first-order valence-electron chi connectivity index (χ1n) is 6.34. The molecule has 0 saturated carbocycles. The van der Waals surface area contributed by atoms with E-state index < -0.39 is 0 Å². The average Bonchev–Trinajstić information content (AvgIpc) is 2.38. The van der Waals surface area contributed by atoms with Gasteiger partial charge < -0.3 is 14.8 Å². The summed E-state index contributed by atoms with van der Waals surface area (Å²) in [5.74, 6) is 1.56. The van der Waals surface area contributed by atoms with Gasteiger partial charge in [0.2, 0.25) is 0 Å². The van der Waals surface area contributed by atoms with Crippen LogP contribution in [0, 0.1) is 0 Å². The molecule has 1 aromatic rings. The smallest absolute Gasteiger partial charge is 0.161 e. The maximum absolute atomic E-state index is 5.58. The van der Waals surface area contributed by atoms with Crippen molar-refractivity contribution < 1.29 is 9.47 Å². The molecule has 102 valence electrons. The molecule has 0 saturated heterocycles. The lowest BCUT2D eigenvalue weighted by molar-refractivity contribution is 0.310. The summed E-state index contributed by atoms with van der Waals surface area (Å²) in [6.45, 7) is 7.78. The molecule has 3 nitrogen and oxygen atoms in total. The molecular formula is C14H22BrNO2. The predicted octanol–water partition coefficient (Wildman–Crippen LogP) is 3.74. The Morgan fingerprint density at radius 2 is 2.00 bits per heavy atom. The molecule has 0 aromatic heterocycles. The van der Waals surface area contributed by atoms with E-state index in [0.29, 0.717) is 12.6 Å². The Hall–Kier alpha value is -0.740. The average molecular weight is 316 g/mol. The van der Waals surface area contributed by atoms with Gasteiger partial charge in [0.05, 0.1) is 13.7 Å². The molecule has 1 aromatic carbocycles. The molecule has 4 heteroatoms. The molecule has 0 aliphatic heterocycles. The van der Waals surface area contributed by atoms with Crippen molar-refractivity contribution in [3.63, 3.8) is 0 Å². The zero-order valence-corrected chi connectivity index (χ0v) is 13.1. The monoisotopic (exact) mass is 315 g/mol. The van der Waals surface area contributed by atoms with Gasteiger partial charge in [-0.3, -0.25) is 0 Å². The van der Waals surface area contributed by atoms with Crippen LogP contribution in [0.1, 0.15) is 32.8 Å². The summed E-state index contributed by atoms with van der Waals surface area (Å²) in [4.78, 5) is 0.